The molecule has 0 bridgehead atoms. The van der Waals surface area contributed by atoms with E-state index >= 15 is 0 Å². The maximum Gasteiger partial charge on any atom is 0.150 e. The zero-order chi connectivity index (χ0) is 11.8. The van der Waals surface area contributed by atoms with Gasteiger partial charge < -0.3 is 5.73 Å². The van der Waals surface area contributed by atoms with Crippen molar-refractivity contribution in [3.05, 3.63) is 34.4 Å². The van der Waals surface area contributed by atoms with Crippen LogP contribution >= 0.6 is 0 Å². The molecule has 0 radical (unpaired) electrons. The Morgan fingerprint density at radius 1 is 1.31 bits per heavy atom. The first-order valence-electron chi connectivity index (χ1n) is 5.90. The first kappa shape index (κ1) is 11.3. The predicted molar refractivity (Wildman–Crippen MR) is 65.9 cm³/mol. The Morgan fingerprint density at radius 2 is 1.94 bits per heavy atom. The highest BCUT2D eigenvalue weighted by Gasteiger charge is 2.38. The highest BCUT2D eigenvalue weighted by atomic mass is 16.1. The largest absolute Gasteiger partial charge is 0.330 e. The molecule has 2 N–H and O–H groups in total. The molecule has 0 unspecified atom stereocenters. The summed E-state index contributed by atoms with van der Waals surface area (Å²) in [5.74, 6) is 0. The van der Waals surface area contributed by atoms with Crippen molar-refractivity contribution in [2.75, 3.05) is 6.54 Å². The Balaban J connectivity index is 2.54. The minimum atomic E-state index is 0.0781. The quantitative estimate of drug-likeness (QED) is 0.790. The van der Waals surface area contributed by atoms with Crippen molar-refractivity contribution >= 4 is 6.29 Å². The second kappa shape index (κ2) is 4.02. The lowest BCUT2D eigenvalue weighted by Gasteiger charge is -2.42. The van der Waals surface area contributed by atoms with Crippen LogP contribution in [0.4, 0.5) is 0 Å². The molecule has 2 rings (SSSR count). The lowest BCUT2D eigenvalue weighted by atomic mass is 9.63. The van der Waals surface area contributed by atoms with Gasteiger partial charge in [-0.25, -0.2) is 0 Å². The van der Waals surface area contributed by atoms with E-state index in [2.05, 4.69) is 13.0 Å². The Hall–Kier alpha value is -1.15. The van der Waals surface area contributed by atoms with Gasteiger partial charge in [-0.15, -0.1) is 0 Å². The molecule has 0 aliphatic heterocycles. The molecule has 0 atom stereocenters. The molecule has 1 fully saturated rings. The van der Waals surface area contributed by atoms with Crippen molar-refractivity contribution in [2.45, 2.75) is 38.5 Å². The number of carbonyl (C=O) groups excluding carboxylic acids is 1. The van der Waals surface area contributed by atoms with Crippen LogP contribution in [0.5, 0.6) is 0 Å². The van der Waals surface area contributed by atoms with Gasteiger partial charge in [0.1, 0.15) is 6.29 Å². The summed E-state index contributed by atoms with van der Waals surface area (Å²) in [6.45, 7) is 4.79. The molecule has 1 saturated carbocycles. The van der Waals surface area contributed by atoms with Crippen LogP contribution in [-0.2, 0) is 5.41 Å². The van der Waals surface area contributed by atoms with Gasteiger partial charge in [0.25, 0.3) is 0 Å². The van der Waals surface area contributed by atoms with E-state index in [0.717, 1.165) is 24.7 Å². The van der Waals surface area contributed by atoms with E-state index in [0.29, 0.717) is 6.54 Å². The number of aryl methyl sites for hydroxylation is 2. The molecule has 1 aliphatic rings. The Labute approximate surface area is 96.8 Å². The van der Waals surface area contributed by atoms with Crippen molar-refractivity contribution in [1.29, 1.82) is 0 Å². The summed E-state index contributed by atoms with van der Waals surface area (Å²) in [6, 6.07) is 4.15. The zero-order valence-corrected chi connectivity index (χ0v) is 10.0. The van der Waals surface area contributed by atoms with Crippen LogP contribution in [0.2, 0.25) is 0 Å². The van der Waals surface area contributed by atoms with E-state index in [1.165, 1.54) is 23.1 Å². The van der Waals surface area contributed by atoms with Crippen molar-refractivity contribution in [1.82, 2.24) is 0 Å². The van der Waals surface area contributed by atoms with Gasteiger partial charge in [0, 0.05) is 17.5 Å². The fraction of sp³-hybridized carbons (Fsp3) is 0.500. The van der Waals surface area contributed by atoms with Gasteiger partial charge in [-0.3, -0.25) is 4.79 Å². The number of hydrogen-bond donors (Lipinski definition) is 1. The van der Waals surface area contributed by atoms with Gasteiger partial charge in [0.2, 0.25) is 0 Å². The molecule has 0 amide bonds. The number of nitrogens with two attached hydrogens (primary N) is 1. The fourth-order valence-electron chi connectivity index (χ4n) is 2.58. The molecule has 16 heavy (non-hydrogen) atoms. The third-order valence-electron chi connectivity index (χ3n) is 4.07. The standard InChI is InChI=1S/C14H19NO/c1-10-6-12(8-16)13(7-11(10)2)14(9-15)4-3-5-14/h6-8H,3-5,9,15H2,1-2H3. The van der Waals surface area contributed by atoms with Crippen LogP contribution in [0.15, 0.2) is 12.1 Å². The Morgan fingerprint density at radius 3 is 2.38 bits per heavy atom. The average Bonchev–Trinajstić information content (AvgIpc) is 2.22. The van der Waals surface area contributed by atoms with Crippen LogP contribution in [0.25, 0.3) is 0 Å². The number of aldehydes is 1. The summed E-state index contributed by atoms with van der Waals surface area (Å²) < 4.78 is 0. The van der Waals surface area contributed by atoms with E-state index in [-0.39, 0.29) is 5.41 Å². The maximum absolute atomic E-state index is 11.2. The highest BCUT2D eigenvalue weighted by Crippen LogP contribution is 2.44. The molecule has 1 aromatic rings. The number of hydrogen-bond acceptors (Lipinski definition) is 2. The van der Waals surface area contributed by atoms with Crippen molar-refractivity contribution in [3.8, 4) is 0 Å². The molecule has 0 aromatic heterocycles. The number of carbonyl (C=O) groups is 1. The fourth-order valence-corrected chi connectivity index (χ4v) is 2.58. The molecular weight excluding hydrogens is 198 g/mol. The third kappa shape index (κ3) is 1.57. The van der Waals surface area contributed by atoms with Gasteiger partial charge in [-0.1, -0.05) is 12.5 Å². The first-order chi connectivity index (χ1) is 7.63. The van der Waals surface area contributed by atoms with Gasteiger partial charge in [-0.2, -0.15) is 0 Å². The highest BCUT2D eigenvalue weighted by molar-refractivity contribution is 5.79. The molecule has 2 nitrogen and oxygen atoms in total. The molecule has 0 spiro atoms. The topological polar surface area (TPSA) is 43.1 Å². The monoisotopic (exact) mass is 217 g/mol. The zero-order valence-electron chi connectivity index (χ0n) is 10.0. The molecule has 0 heterocycles. The van der Waals surface area contributed by atoms with Gasteiger partial charge in [-0.05, 0) is 49.4 Å². The lowest BCUT2D eigenvalue weighted by molar-refractivity contribution is 0.111. The van der Waals surface area contributed by atoms with Crippen LogP contribution in [0, 0.1) is 13.8 Å². The molecule has 2 heteroatoms. The molecule has 0 saturated heterocycles. The predicted octanol–water partition coefficient (Wildman–Crippen LogP) is 2.50. The normalized spacial score (nSPS) is 17.9. The first-order valence-corrected chi connectivity index (χ1v) is 5.90. The van der Waals surface area contributed by atoms with Crippen LogP contribution < -0.4 is 5.73 Å². The molecule has 86 valence electrons. The second-order valence-corrected chi connectivity index (χ2v) is 4.98. The summed E-state index contributed by atoms with van der Waals surface area (Å²) in [5.41, 5.74) is 10.4. The van der Waals surface area contributed by atoms with Crippen LogP contribution in [-0.4, -0.2) is 12.8 Å². The summed E-state index contributed by atoms with van der Waals surface area (Å²) in [5, 5.41) is 0. The van der Waals surface area contributed by atoms with Gasteiger partial charge in [0.15, 0.2) is 0 Å². The van der Waals surface area contributed by atoms with Crippen molar-refractivity contribution < 1.29 is 4.79 Å². The third-order valence-corrected chi connectivity index (χ3v) is 4.07. The molecular formula is C14H19NO. The SMILES string of the molecule is Cc1cc(C=O)c(C2(CN)CCC2)cc1C. The summed E-state index contributed by atoms with van der Waals surface area (Å²) >= 11 is 0. The maximum atomic E-state index is 11.2. The molecule has 1 aromatic carbocycles. The summed E-state index contributed by atoms with van der Waals surface area (Å²) in [7, 11) is 0. The molecule has 1 aliphatic carbocycles. The smallest absolute Gasteiger partial charge is 0.150 e. The summed E-state index contributed by atoms with van der Waals surface area (Å²) in [4.78, 5) is 11.2. The number of rotatable bonds is 3. The van der Waals surface area contributed by atoms with Crippen molar-refractivity contribution in [2.24, 2.45) is 5.73 Å². The summed E-state index contributed by atoms with van der Waals surface area (Å²) in [6.07, 6.45) is 4.43. The van der Waals surface area contributed by atoms with Crippen LogP contribution in [0.1, 0.15) is 46.3 Å². The Kier molecular flexibility index (Phi) is 2.85. The lowest BCUT2D eigenvalue weighted by Crippen LogP contribution is -2.42. The minimum absolute atomic E-state index is 0.0781. The second-order valence-electron chi connectivity index (χ2n) is 4.98. The van der Waals surface area contributed by atoms with E-state index in [1.54, 1.807) is 0 Å². The number of benzene rings is 1. The van der Waals surface area contributed by atoms with E-state index in [9.17, 15) is 4.79 Å². The van der Waals surface area contributed by atoms with Gasteiger partial charge >= 0.3 is 0 Å². The minimum Gasteiger partial charge on any atom is -0.330 e. The van der Waals surface area contributed by atoms with E-state index < -0.39 is 0 Å². The van der Waals surface area contributed by atoms with E-state index in [1.807, 2.05) is 13.0 Å². The van der Waals surface area contributed by atoms with Crippen molar-refractivity contribution in [3.63, 3.8) is 0 Å². The average molecular weight is 217 g/mol. The van der Waals surface area contributed by atoms with Gasteiger partial charge in [0.05, 0.1) is 0 Å². The Bertz CT molecular complexity index is 413. The van der Waals surface area contributed by atoms with Crippen LogP contribution in [0.3, 0.4) is 0 Å². The van der Waals surface area contributed by atoms with E-state index in [4.69, 9.17) is 5.73 Å².